The molecule has 2 saturated heterocycles. The molecule has 2 N–H and O–H groups in total. The molecule has 2 aliphatic heterocycles. The number of quaternary nitrogens is 2. The van der Waals surface area contributed by atoms with Crippen LogP contribution in [0.4, 0.5) is 0 Å². The van der Waals surface area contributed by atoms with Gasteiger partial charge in [0.25, 0.3) is 0 Å². The molecular weight excluding hydrogens is 312 g/mol. The molecule has 0 spiro atoms. The Hall–Kier alpha value is -1.10. The zero-order chi connectivity index (χ0) is 17.9. The maximum absolute atomic E-state index is 6.07. The molecule has 2 heterocycles. The predicted molar refractivity (Wildman–Crippen MR) is 101 cm³/mol. The van der Waals surface area contributed by atoms with Crippen molar-refractivity contribution in [2.75, 3.05) is 53.5 Å². The van der Waals surface area contributed by atoms with Gasteiger partial charge in [-0.05, 0) is 32.8 Å². The Morgan fingerprint density at radius 1 is 1.12 bits per heavy atom. The molecule has 2 fully saturated rings. The molecule has 0 aliphatic carbocycles. The molecule has 1 atom stereocenters. The lowest BCUT2D eigenvalue weighted by atomic mass is 9.67. The molecule has 4 nitrogen and oxygen atoms in total. The Bertz CT molecular complexity index is 567. The van der Waals surface area contributed by atoms with Gasteiger partial charge in [0.05, 0.1) is 26.3 Å². The van der Waals surface area contributed by atoms with Crippen LogP contribution in [0.3, 0.4) is 0 Å². The lowest BCUT2D eigenvalue weighted by molar-refractivity contribution is -1.00. The third kappa shape index (κ3) is 4.36. The van der Waals surface area contributed by atoms with E-state index < -0.39 is 0 Å². The second-order valence-electron chi connectivity index (χ2n) is 8.72. The molecule has 0 unspecified atom stereocenters. The average Bonchev–Trinajstić information content (AvgIpc) is 2.60. The molecule has 0 aromatic heterocycles. The number of para-hydroxylation sites is 1. The second kappa shape index (κ2) is 7.65. The monoisotopic (exact) mass is 348 g/mol. The maximum Gasteiger partial charge on any atom is 0.127 e. The van der Waals surface area contributed by atoms with Gasteiger partial charge in [-0.2, -0.15) is 0 Å². The number of benzene rings is 1. The van der Waals surface area contributed by atoms with Gasteiger partial charge >= 0.3 is 0 Å². The van der Waals surface area contributed by atoms with Crippen LogP contribution in [0.2, 0.25) is 0 Å². The summed E-state index contributed by atoms with van der Waals surface area (Å²) in [6.45, 7) is 11.8. The smallest absolute Gasteiger partial charge is 0.127 e. The molecule has 1 aromatic rings. The summed E-state index contributed by atoms with van der Waals surface area (Å²) in [5, 5.41) is 0. The van der Waals surface area contributed by atoms with Gasteiger partial charge in [-0.15, -0.1) is 0 Å². The number of nitrogens with one attached hydrogen (secondary N) is 2. The molecule has 140 valence electrons. The highest BCUT2D eigenvalue weighted by Gasteiger charge is 2.44. The first-order chi connectivity index (χ1) is 11.9. The first-order valence-corrected chi connectivity index (χ1v) is 9.86. The highest BCUT2D eigenvalue weighted by Crippen LogP contribution is 2.46. The second-order valence-corrected chi connectivity index (χ2v) is 8.72. The Labute approximate surface area is 153 Å². The minimum atomic E-state index is -0.0687. The molecule has 0 radical (unpaired) electrons. The Morgan fingerprint density at radius 2 is 1.84 bits per heavy atom. The van der Waals surface area contributed by atoms with E-state index in [1.165, 1.54) is 44.7 Å². The third-order valence-electron chi connectivity index (χ3n) is 6.28. The van der Waals surface area contributed by atoms with E-state index in [0.29, 0.717) is 0 Å². The van der Waals surface area contributed by atoms with Crippen molar-refractivity contribution in [2.45, 2.75) is 44.1 Å². The summed E-state index contributed by atoms with van der Waals surface area (Å²) < 4.78 is 11.8. The van der Waals surface area contributed by atoms with E-state index in [9.17, 15) is 0 Å². The zero-order valence-corrected chi connectivity index (χ0v) is 16.5. The van der Waals surface area contributed by atoms with Gasteiger partial charge in [0.1, 0.15) is 31.9 Å². The quantitative estimate of drug-likeness (QED) is 0.802. The molecule has 3 rings (SSSR count). The molecular formula is C21H36N2O2+2. The van der Waals surface area contributed by atoms with Crippen molar-refractivity contribution in [1.29, 1.82) is 0 Å². The summed E-state index contributed by atoms with van der Waals surface area (Å²) in [5.41, 5.74) is 1.48. The maximum atomic E-state index is 6.07. The van der Waals surface area contributed by atoms with Gasteiger partial charge < -0.3 is 19.3 Å². The van der Waals surface area contributed by atoms with Crippen molar-refractivity contribution in [1.82, 2.24) is 0 Å². The lowest BCUT2D eigenvalue weighted by Crippen LogP contribution is -3.27. The largest absolute Gasteiger partial charge is 0.496 e. The Morgan fingerprint density at radius 3 is 2.52 bits per heavy atom. The minimum absolute atomic E-state index is 0.0687. The summed E-state index contributed by atoms with van der Waals surface area (Å²) in [6, 6.07) is 8.64. The van der Waals surface area contributed by atoms with Crippen molar-refractivity contribution in [3.05, 3.63) is 29.8 Å². The van der Waals surface area contributed by atoms with E-state index in [2.05, 4.69) is 45.2 Å². The molecule has 2 aliphatic rings. The van der Waals surface area contributed by atoms with Crippen LogP contribution in [-0.4, -0.2) is 59.1 Å². The molecule has 0 bridgehead atoms. The number of hydrogen-bond acceptors (Lipinski definition) is 2. The fourth-order valence-electron chi connectivity index (χ4n) is 4.83. The lowest BCUT2D eigenvalue weighted by Gasteiger charge is -2.46. The molecule has 25 heavy (non-hydrogen) atoms. The summed E-state index contributed by atoms with van der Waals surface area (Å²) in [5.74, 6) is 1.04. The summed E-state index contributed by atoms with van der Waals surface area (Å²) in [7, 11) is 4.11. The summed E-state index contributed by atoms with van der Waals surface area (Å²) in [4.78, 5) is 3.44. The van der Waals surface area contributed by atoms with E-state index in [-0.39, 0.29) is 11.0 Å². The number of methoxy groups -OCH3 is 1. The van der Waals surface area contributed by atoms with Gasteiger partial charge in [0.15, 0.2) is 0 Å². The molecule has 0 amide bonds. The van der Waals surface area contributed by atoms with Gasteiger partial charge in [-0.1, -0.05) is 18.2 Å². The van der Waals surface area contributed by atoms with Gasteiger partial charge in [0.2, 0.25) is 0 Å². The minimum Gasteiger partial charge on any atom is -0.496 e. The van der Waals surface area contributed by atoms with Crippen molar-refractivity contribution in [2.24, 2.45) is 0 Å². The van der Waals surface area contributed by atoms with Crippen LogP contribution < -0.4 is 14.5 Å². The van der Waals surface area contributed by atoms with Crippen LogP contribution in [0.5, 0.6) is 5.75 Å². The summed E-state index contributed by atoms with van der Waals surface area (Å²) >= 11 is 0. The van der Waals surface area contributed by atoms with Crippen LogP contribution in [0, 0.1) is 0 Å². The fraction of sp³-hybridized carbons (Fsp3) is 0.714. The van der Waals surface area contributed by atoms with E-state index in [1.54, 1.807) is 16.9 Å². The van der Waals surface area contributed by atoms with E-state index in [0.717, 1.165) is 25.2 Å². The highest BCUT2D eigenvalue weighted by atomic mass is 16.5. The Balaban J connectivity index is 1.82. The van der Waals surface area contributed by atoms with E-state index >= 15 is 0 Å². The molecule has 4 heteroatoms. The highest BCUT2D eigenvalue weighted by molar-refractivity contribution is 5.40. The van der Waals surface area contributed by atoms with E-state index in [1.807, 2.05) is 0 Å². The van der Waals surface area contributed by atoms with Gasteiger partial charge in [-0.25, -0.2) is 0 Å². The fourth-order valence-corrected chi connectivity index (χ4v) is 4.83. The number of rotatable bonds is 5. The third-order valence-corrected chi connectivity index (χ3v) is 6.28. The number of piperazine rings is 1. The predicted octanol–water partition coefficient (Wildman–Crippen LogP) is 0.325. The molecule has 0 saturated carbocycles. The molecule has 1 aromatic carbocycles. The van der Waals surface area contributed by atoms with Crippen molar-refractivity contribution >= 4 is 0 Å². The van der Waals surface area contributed by atoms with E-state index in [4.69, 9.17) is 9.47 Å². The van der Waals surface area contributed by atoms with Crippen LogP contribution >= 0.6 is 0 Å². The van der Waals surface area contributed by atoms with Crippen molar-refractivity contribution in [3.63, 3.8) is 0 Å². The number of hydrogen-bond donors (Lipinski definition) is 2. The van der Waals surface area contributed by atoms with Crippen LogP contribution in [0.25, 0.3) is 0 Å². The van der Waals surface area contributed by atoms with Crippen LogP contribution in [0.1, 0.15) is 38.7 Å². The van der Waals surface area contributed by atoms with Crippen LogP contribution in [0.15, 0.2) is 24.3 Å². The topological polar surface area (TPSA) is 27.3 Å². The van der Waals surface area contributed by atoms with Crippen molar-refractivity contribution in [3.8, 4) is 5.75 Å². The van der Waals surface area contributed by atoms with Gasteiger partial charge in [0, 0.05) is 24.0 Å². The van der Waals surface area contributed by atoms with Crippen LogP contribution in [-0.2, 0) is 10.2 Å². The SMILES string of the molecule is COc1ccccc1[C@]1(CC[NH+]2CC[NH+](C)CC2)CCOC(C)(C)C1. The first-order valence-electron chi connectivity index (χ1n) is 9.86. The standard InChI is InChI=1S/C21H34N2O2/c1-20(2)17-21(10-16-25-20,18-7-5-6-8-19(18)24-4)9-11-23-14-12-22(3)13-15-23/h5-8H,9-17H2,1-4H3/p+2/t21-/m1/s1. The van der Waals surface area contributed by atoms with Gasteiger partial charge in [-0.3, -0.25) is 0 Å². The first kappa shape index (κ1) is 18.7. The summed E-state index contributed by atoms with van der Waals surface area (Å²) in [6.07, 6.45) is 3.38. The number of ether oxygens (including phenoxy) is 2. The number of likely N-dealkylation sites (N-methyl/N-ethyl adjacent to an activating group) is 1. The normalized spacial score (nSPS) is 32.3. The van der Waals surface area contributed by atoms with Crippen molar-refractivity contribution < 1.29 is 19.3 Å². The Kier molecular flexibility index (Phi) is 5.71. The zero-order valence-electron chi connectivity index (χ0n) is 16.5. The average molecular weight is 349 g/mol.